The van der Waals surface area contributed by atoms with Crippen molar-refractivity contribution in [1.29, 1.82) is 0 Å². The average Bonchev–Trinajstić information content (AvgIpc) is 3.04. The van der Waals surface area contributed by atoms with E-state index in [0.717, 1.165) is 17.0 Å². The highest BCUT2D eigenvalue weighted by Crippen LogP contribution is 2.37. The Morgan fingerprint density at radius 3 is 2.21 bits per heavy atom. The van der Waals surface area contributed by atoms with Crippen molar-refractivity contribution >= 4 is 28.8 Å². The van der Waals surface area contributed by atoms with Crippen molar-refractivity contribution in [2.24, 2.45) is 0 Å². The zero-order valence-electron chi connectivity index (χ0n) is 17.5. The van der Waals surface area contributed by atoms with Crippen LogP contribution in [-0.4, -0.2) is 18.4 Å². The van der Waals surface area contributed by atoms with Crippen LogP contribution in [0.3, 0.4) is 0 Å². The number of ether oxygens (including phenoxy) is 1. The normalized spacial score (nSPS) is 14.1. The lowest BCUT2D eigenvalue weighted by Crippen LogP contribution is -2.32. The van der Waals surface area contributed by atoms with Gasteiger partial charge < -0.3 is 10.1 Å². The molecule has 0 aromatic heterocycles. The van der Waals surface area contributed by atoms with Crippen molar-refractivity contribution in [2.45, 2.75) is 13.1 Å². The number of carbonyl (C=O) groups is 2. The molecule has 33 heavy (non-hydrogen) atoms. The summed E-state index contributed by atoms with van der Waals surface area (Å²) in [6.07, 6.45) is -4.61. The van der Waals surface area contributed by atoms with Gasteiger partial charge in [0.25, 0.3) is 11.8 Å². The van der Waals surface area contributed by atoms with Gasteiger partial charge in [-0.15, -0.1) is 0 Å². The summed E-state index contributed by atoms with van der Waals surface area (Å²) < 4.78 is 45.1. The van der Waals surface area contributed by atoms with Crippen molar-refractivity contribution in [2.75, 3.05) is 16.8 Å². The monoisotopic (exact) mass is 452 g/mol. The van der Waals surface area contributed by atoms with Crippen molar-refractivity contribution in [3.63, 3.8) is 0 Å². The van der Waals surface area contributed by atoms with Crippen LogP contribution in [0.2, 0.25) is 0 Å². The van der Waals surface area contributed by atoms with E-state index in [1.54, 1.807) is 54.6 Å². The first kappa shape index (κ1) is 22.1. The second-order valence-electron chi connectivity index (χ2n) is 7.19. The van der Waals surface area contributed by atoms with Gasteiger partial charge in [-0.3, -0.25) is 9.59 Å². The number of imide groups is 1. The Morgan fingerprint density at radius 2 is 1.58 bits per heavy atom. The predicted octanol–water partition coefficient (Wildman–Crippen LogP) is 5.50. The molecule has 0 atom stereocenters. The van der Waals surface area contributed by atoms with Gasteiger partial charge in [-0.1, -0.05) is 36.4 Å². The Balaban J connectivity index is 1.75. The number of nitrogens with zero attached hydrogens (tertiary/aromatic N) is 1. The van der Waals surface area contributed by atoms with Gasteiger partial charge in [-0.25, -0.2) is 4.90 Å². The van der Waals surface area contributed by atoms with E-state index in [-0.39, 0.29) is 17.0 Å². The van der Waals surface area contributed by atoms with Crippen molar-refractivity contribution in [1.82, 2.24) is 0 Å². The number of halogens is 3. The van der Waals surface area contributed by atoms with Crippen LogP contribution in [0.5, 0.6) is 5.75 Å². The zero-order chi connectivity index (χ0) is 23.6. The molecule has 0 unspecified atom stereocenters. The van der Waals surface area contributed by atoms with Gasteiger partial charge >= 0.3 is 6.18 Å². The molecule has 0 saturated heterocycles. The van der Waals surface area contributed by atoms with Crippen molar-refractivity contribution in [3.05, 3.63) is 95.7 Å². The van der Waals surface area contributed by atoms with E-state index in [4.69, 9.17) is 4.74 Å². The highest BCUT2D eigenvalue weighted by molar-refractivity contribution is 6.46. The molecule has 1 heterocycles. The zero-order valence-corrected chi connectivity index (χ0v) is 17.5. The van der Waals surface area contributed by atoms with Crippen LogP contribution in [0.15, 0.2) is 84.6 Å². The molecule has 0 saturated carbocycles. The minimum atomic E-state index is -4.61. The smallest absolute Gasteiger partial charge is 0.416 e. The molecule has 0 spiro atoms. The lowest BCUT2D eigenvalue weighted by Gasteiger charge is -2.17. The molecule has 2 amide bonds. The molecule has 8 heteroatoms. The molecular formula is C25H19F3N2O3. The van der Waals surface area contributed by atoms with E-state index in [9.17, 15) is 22.8 Å². The van der Waals surface area contributed by atoms with E-state index in [1.165, 1.54) is 12.1 Å². The van der Waals surface area contributed by atoms with E-state index in [0.29, 0.717) is 23.6 Å². The summed E-state index contributed by atoms with van der Waals surface area (Å²) >= 11 is 0. The van der Waals surface area contributed by atoms with Gasteiger partial charge in [-0.2, -0.15) is 13.2 Å². The maximum atomic E-state index is 13.3. The SMILES string of the molecule is CCOc1ccc(NC2=C(c3ccccc3)C(=O)N(c3cccc(C(F)(F)F)c3)C2=O)cc1. The maximum Gasteiger partial charge on any atom is 0.416 e. The molecule has 5 nitrogen and oxygen atoms in total. The van der Waals surface area contributed by atoms with Crippen LogP contribution in [0.25, 0.3) is 5.57 Å². The molecule has 0 radical (unpaired) electrons. The van der Waals surface area contributed by atoms with Crippen molar-refractivity contribution < 1.29 is 27.5 Å². The fraction of sp³-hybridized carbons (Fsp3) is 0.120. The van der Waals surface area contributed by atoms with Crippen LogP contribution in [-0.2, 0) is 15.8 Å². The molecule has 0 fully saturated rings. The Kier molecular flexibility index (Phi) is 5.91. The quantitative estimate of drug-likeness (QED) is 0.502. The largest absolute Gasteiger partial charge is 0.494 e. The van der Waals surface area contributed by atoms with Crippen LogP contribution < -0.4 is 15.0 Å². The molecule has 1 N–H and O–H groups in total. The minimum absolute atomic E-state index is 0.0206. The first-order valence-electron chi connectivity index (χ1n) is 10.1. The van der Waals surface area contributed by atoms with E-state index in [2.05, 4.69) is 5.32 Å². The molecule has 1 aliphatic heterocycles. The molecule has 0 bridgehead atoms. The average molecular weight is 452 g/mol. The second kappa shape index (κ2) is 8.82. The third-order valence-corrected chi connectivity index (χ3v) is 5.01. The van der Waals surface area contributed by atoms with Gasteiger partial charge in [0.2, 0.25) is 0 Å². The Bertz CT molecular complexity index is 1220. The number of carbonyl (C=O) groups excluding carboxylic acids is 2. The van der Waals surface area contributed by atoms with Gasteiger partial charge in [0.1, 0.15) is 11.4 Å². The summed E-state index contributed by atoms with van der Waals surface area (Å²) in [5.74, 6) is -0.814. The Morgan fingerprint density at radius 1 is 0.879 bits per heavy atom. The van der Waals surface area contributed by atoms with Gasteiger partial charge in [0, 0.05) is 5.69 Å². The minimum Gasteiger partial charge on any atom is -0.494 e. The van der Waals surface area contributed by atoms with Crippen molar-refractivity contribution in [3.8, 4) is 5.75 Å². The summed E-state index contributed by atoms with van der Waals surface area (Å²) in [6.45, 7) is 2.35. The maximum absolute atomic E-state index is 13.3. The molecule has 1 aliphatic rings. The standard InChI is InChI=1S/C25H19F3N2O3/c1-2-33-20-13-11-18(12-14-20)29-22-21(16-7-4-3-5-8-16)23(31)30(24(22)32)19-10-6-9-17(15-19)25(26,27)28/h3-15,29H,2H2,1H3. The van der Waals surface area contributed by atoms with Crippen LogP contribution in [0.4, 0.5) is 24.5 Å². The lowest BCUT2D eigenvalue weighted by atomic mass is 10.0. The number of benzene rings is 3. The summed E-state index contributed by atoms with van der Waals surface area (Å²) in [6, 6.07) is 19.4. The lowest BCUT2D eigenvalue weighted by molar-refractivity contribution is -0.137. The first-order valence-corrected chi connectivity index (χ1v) is 10.1. The van der Waals surface area contributed by atoms with Gasteiger partial charge in [-0.05, 0) is 55.0 Å². The van der Waals surface area contributed by atoms with E-state index < -0.39 is 23.6 Å². The van der Waals surface area contributed by atoms with E-state index in [1.807, 2.05) is 6.92 Å². The summed E-state index contributed by atoms with van der Waals surface area (Å²) in [7, 11) is 0. The third kappa shape index (κ3) is 4.45. The summed E-state index contributed by atoms with van der Waals surface area (Å²) in [5.41, 5.74) is -0.0566. The third-order valence-electron chi connectivity index (χ3n) is 5.01. The second-order valence-corrected chi connectivity index (χ2v) is 7.19. The van der Waals surface area contributed by atoms with Crippen LogP contribution >= 0.6 is 0 Å². The number of hydrogen-bond donors (Lipinski definition) is 1. The summed E-state index contributed by atoms with van der Waals surface area (Å²) in [4.78, 5) is 27.4. The Hall–Kier alpha value is -4.07. The topological polar surface area (TPSA) is 58.6 Å². The fourth-order valence-electron chi connectivity index (χ4n) is 3.52. The number of anilines is 2. The number of alkyl halides is 3. The van der Waals surface area contributed by atoms with Gasteiger partial charge in [0.15, 0.2) is 0 Å². The highest BCUT2D eigenvalue weighted by Gasteiger charge is 2.41. The van der Waals surface area contributed by atoms with Crippen LogP contribution in [0.1, 0.15) is 18.1 Å². The number of amides is 2. The van der Waals surface area contributed by atoms with Crippen LogP contribution in [0, 0.1) is 0 Å². The molecular weight excluding hydrogens is 433 g/mol. The first-order chi connectivity index (χ1) is 15.8. The Labute approximate surface area is 188 Å². The predicted molar refractivity (Wildman–Crippen MR) is 119 cm³/mol. The fourth-order valence-corrected chi connectivity index (χ4v) is 3.52. The van der Waals surface area contributed by atoms with E-state index >= 15 is 0 Å². The number of rotatable bonds is 6. The molecule has 3 aromatic rings. The molecule has 0 aliphatic carbocycles. The highest BCUT2D eigenvalue weighted by atomic mass is 19.4. The number of hydrogen-bond acceptors (Lipinski definition) is 4. The molecule has 3 aromatic carbocycles. The molecule has 4 rings (SSSR count). The molecule has 168 valence electrons. The van der Waals surface area contributed by atoms with Gasteiger partial charge in [0.05, 0.1) is 23.4 Å². The number of nitrogens with one attached hydrogen (secondary N) is 1. The summed E-state index contributed by atoms with van der Waals surface area (Å²) in [5, 5.41) is 2.97.